The largest absolute Gasteiger partial charge is 0.451 e. The summed E-state index contributed by atoms with van der Waals surface area (Å²) >= 11 is 2.77. The number of hydrogen-bond donors (Lipinski definition) is 1. The van der Waals surface area contributed by atoms with Crippen LogP contribution in [0.15, 0.2) is 45.2 Å². The van der Waals surface area contributed by atoms with Gasteiger partial charge in [0, 0.05) is 16.7 Å². The van der Waals surface area contributed by atoms with E-state index < -0.39 is 0 Å². The molecule has 2 aromatic heterocycles. The predicted octanol–water partition coefficient (Wildman–Crippen LogP) is 5.89. The van der Waals surface area contributed by atoms with Crippen LogP contribution < -0.4 is 5.32 Å². The topological polar surface area (TPSA) is 68.0 Å². The number of aromatic nitrogens is 2. The van der Waals surface area contributed by atoms with Crippen molar-refractivity contribution in [1.82, 2.24) is 10.2 Å². The van der Waals surface area contributed by atoms with Gasteiger partial charge in [-0.2, -0.15) is 0 Å². The fraction of sp³-hybridized carbons (Fsp3) is 0.190. The second-order valence-electron chi connectivity index (χ2n) is 6.73. The van der Waals surface area contributed by atoms with Crippen molar-refractivity contribution in [3.8, 4) is 0 Å². The molecule has 0 atom stereocenters. The maximum absolute atomic E-state index is 13.0. The Morgan fingerprint density at radius 3 is 2.62 bits per heavy atom. The lowest BCUT2D eigenvalue weighted by molar-refractivity contribution is 0.0998. The Hall–Kier alpha value is -2.71. The number of benzene rings is 2. The third-order valence-corrected chi connectivity index (χ3v) is 6.70. The van der Waals surface area contributed by atoms with Crippen molar-refractivity contribution in [2.45, 2.75) is 30.9 Å². The van der Waals surface area contributed by atoms with Crippen LogP contribution in [0.3, 0.4) is 0 Å². The molecule has 0 bridgehead atoms. The maximum Gasteiger partial charge on any atom is 0.293 e. The average Bonchev–Trinajstić information content (AvgIpc) is 3.26. The monoisotopic (exact) mass is 427 g/mol. The van der Waals surface area contributed by atoms with Crippen LogP contribution in [0.5, 0.6) is 0 Å². The summed E-state index contributed by atoms with van der Waals surface area (Å²) < 4.78 is 19.5. The van der Waals surface area contributed by atoms with Crippen molar-refractivity contribution in [3.05, 3.63) is 70.2 Å². The van der Waals surface area contributed by atoms with Gasteiger partial charge in [-0.1, -0.05) is 35.2 Å². The highest BCUT2D eigenvalue weighted by atomic mass is 32.2. The third kappa shape index (κ3) is 4.18. The third-order valence-electron chi connectivity index (χ3n) is 4.66. The van der Waals surface area contributed by atoms with Crippen molar-refractivity contribution in [3.63, 3.8) is 0 Å². The first-order valence-electron chi connectivity index (χ1n) is 8.93. The number of halogens is 1. The van der Waals surface area contributed by atoms with Crippen molar-refractivity contribution >= 4 is 45.1 Å². The second kappa shape index (κ2) is 7.96. The summed E-state index contributed by atoms with van der Waals surface area (Å²) in [5.74, 6) is 0.316. The minimum absolute atomic E-state index is 0.258. The molecule has 0 aliphatic rings. The summed E-state index contributed by atoms with van der Waals surface area (Å²) in [4.78, 5) is 12.7. The van der Waals surface area contributed by atoms with Gasteiger partial charge in [0.15, 0.2) is 10.1 Å². The lowest BCUT2D eigenvalue weighted by Crippen LogP contribution is -2.11. The molecule has 0 aliphatic carbocycles. The molecule has 4 rings (SSSR count). The number of fused-ring (bicyclic) bond motifs is 1. The normalized spacial score (nSPS) is 11.2. The molecule has 0 saturated heterocycles. The number of rotatable bonds is 5. The van der Waals surface area contributed by atoms with Crippen LogP contribution in [0.4, 0.5) is 9.52 Å². The zero-order valence-electron chi connectivity index (χ0n) is 16.1. The number of aryl methyl sites for hydroxylation is 3. The van der Waals surface area contributed by atoms with E-state index in [2.05, 4.69) is 15.5 Å². The number of carbonyl (C=O) groups is 1. The molecule has 0 saturated carbocycles. The summed E-state index contributed by atoms with van der Waals surface area (Å²) in [7, 11) is 0. The molecule has 2 aromatic carbocycles. The number of nitrogens with one attached hydrogen (secondary N) is 1. The van der Waals surface area contributed by atoms with E-state index in [-0.39, 0.29) is 17.5 Å². The van der Waals surface area contributed by atoms with Crippen LogP contribution in [0, 0.1) is 26.6 Å². The van der Waals surface area contributed by atoms with Gasteiger partial charge in [0.05, 0.1) is 0 Å². The summed E-state index contributed by atoms with van der Waals surface area (Å²) in [6.07, 6.45) is 0. The first-order valence-corrected chi connectivity index (χ1v) is 10.7. The van der Waals surface area contributed by atoms with E-state index in [0.29, 0.717) is 16.5 Å². The lowest BCUT2D eigenvalue weighted by Gasteiger charge is -1.99. The minimum atomic E-state index is -0.347. The van der Waals surface area contributed by atoms with Gasteiger partial charge >= 0.3 is 0 Å². The summed E-state index contributed by atoms with van der Waals surface area (Å²) in [5.41, 5.74) is 4.76. The number of hydrogen-bond acceptors (Lipinski definition) is 6. The smallest absolute Gasteiger partial charge is 0.293 e. The Morgan fingerprint density at radius 2 is 1.86 bits per heavy atom. The highest BCUT2D eigenvalue weighted by Gasteiger charge is 2.20. The molecule has 0 unspecified atom stereocenters. The van der Waals surface area contributed by atoms with Crippen LogP contribution in [-0.2, 0) is 5.75 Å². The van der Waals surface area contributed by atoms with E-state index in [4.69, 9.17) is 4.42 Å². The number of thioether (sulfide) groups is 1. The van der Waals surface area contributed by atoms with Crippen molar-refractivity contribution in [2.24, 2.45) is 0 Å². The Bertz CT molecular complexity index is 1200. The molecule has 4 aromatic rings. The first kappa shape index (κ1) is 19.6. The Morgan fingerprint density at radius 1 is 1.14 bits per heavy atom. The van der Waals surface area contributed by atoms with Gasteiger partial charge in [0.1, 0.15) is 11.4 Å². The van der Waals surface area contributed by atoms with Gasteiger partial charge in [0.2, 0.25) is 5.13 Å². The molecule has 1 amide bonds. The standard InChI is InChI=1S/C21H18FN3O2S2/c1-11-8-16-13(3)18(27-17(16)9-12(11)2)19(26)23-20-24-25-21(29-20)28-10-14-4-6-15(22)7-5-14/h4-9H,10H2,1-3H3,(H,23,24,26). The molecule has 0 spiro atoms. The lowest BCUT2D eigenvalue weighted by atomic mass is 10.1. The number of carbonyl (C=O) groups excluding carboxylic acids is 1. The van der Waals surface area contributed by atoms with Gasteiger partial charge in [-0.15, -0.1) is 10.2 Å². The van der Waals surface area contributed by atoms with Gasteiger partial charge < -0.3 is 4.42 Å². The highest BCUT2D eigenvalue weighted by molar-refractivity contribution is 8.00. The molecule has 8 heteroatoms. The van der Waals surface area contributed by atoms with E-state index in [1.54, 1.807) is 12.1 Å². The highest BCUT2D eigenvalue weighted by Crippen LogP contribution is 2.31. The summed E-state index contributed by atoms with van der Waals surface area (Å²) in [5, 5.41) is 12.2. The average molecular weight is 428 g/mol. The number of amides is 1. The summed E-state index contributed by atoms with van der Waals surface area (Å²) in [6, 6.07) is 10.3. The fourth-order valence-electron chi connectivity index (χ4n) is 2.89. The summed E-state index contributed by atoms with van der Waals surface area (Å²) in [6.45, 7) is 5.92. The molecular formula is C21H18FN3O2S2. The Labute approximate surface area is 175 Å². The van der Waals surface area contributed by atoms with Crippen LogP contribution in [0.25, 0.3) is 11.0 Å². The van der Waals surface area contributed by atoms with Crippen LogP contribution in [-0.4, -0.2) is 16.1 Å². The van der Waals surface area contributed by atoms with E-state index in [9.17, 15) is 9.18 Å². The van der Waals surface area contributed by atoms with Gasteiger partial charge in [-0.3, -0.25) is 10.1 Å². The minimum Gasteiger partial charge on any atom is -0.451 e. The molecule has 29 heavy (non-hydrogen) atoms. The van der Waals surface area contributed by atoms with Crippen molar-refractivity contribution in [1.29, 1.82) is 0 Å². The zero-order valence-corrected chi connectivity index (χ0v) is 17.7. The second-order valence-corrected chi connectivity index (χ2v) is 8.93. The van der Waals surface area contributed by atoms with Crippen LogP contribution >= 0.6 is 23.1 Å². The van der Waals surface area contributed by atoms with E-state index >= 15 is 0 Å². The molecule has 0 aliphatic heterocycles. The SMILES string of the molecule is Cc1cc2oc(C(=O)Nc3nnc(SCc4ccc(F)cc4)s3)c(C)c2cc1C. The molecule has 148 valence electrons. The first-order chi connectivity index (χ1) is 13.9. The van der Waals surface area contributed by atoms with Gasteiger partial charge in [-0.25, -0.2) is 4.39 Å². The predicted molar refractivity (Wildman–Crippen MR) is 114 cm³/mol. The van der Waals surface area contributed by atoms with Crippen LogP contribution in [0.2, 0.25) is 0 Å². The molecule has 0 fully saturated rings. The quantitative estimate of drug-likeness (QED) is 0.318. The number of anilines is 1. The molecule has 5 nitrogen and oxygen atoms in total. The Balaban J connectivity index is 1.46. The van der Waals surface area contributed by atoms with Crippen molar-refractivity contribution < 1.29 is 13.6 Å². The number of nitrogens with zero attached hydrogens (tertiary/aromatic N) is 2. The Kier molecular flexibility index (Phi) is 5.38. The van der Waals surface area contributed by atoms with Crippen molar-refractivity contribution in [2.75, 3.05) is 5.32 Å². The van der Waals surface area contributed by atoms with E-state index in [1.807, 2.05) is 32.9 Å². The van der Waals surface area contributed by atoms with Gasteiger partial charge in [0.25, 0.3) is 5.91 Å². The fourth-order valence-corrected chi connectivity index (χ4v) is 4.59. The van der Waals surface area contributed by atoms with Gasteiger partial charge in [-0.05, 0) is 61.7 Å². The molecule has 2 heterocycles. The van der Waals surface area contributed by atoms with E-state index in [0.717, 1.165) is 32.0 Å². The zero-order chi connectivity index (χ0) is 20.5. The molecule has 0 radical (unpaired) electrons. The maximum atomic E-state index is 13.0. The van der Waals surface area contributed by atoms with E-state index in [1.165, 1.54) is 35.2 Å². The van der Waals surface area contributed by atoms with Crippen LogP contribution in [0.1, 0.15) is 32.8 Å². The number of furan rings is 1. The molecular weight excluding hydrogens is 409 g/mol. The molecule has 1 N–H and O–H groups in total.